The van der Waals surface area contributed by atoms with E-state index in [4.69, 9.17) is 27.8 Å². The summed E-state index contributed by atoms with van der Waals surface area (Å²) >= 11 is 6.23. The van der Waals surface area contributed by atoms with Gasteiger partial charge in [0.1, 0.15) is 12.4 Å². The number of ether oxygens (including phenoxy) is 1. The first-order chi connectivity index (χ1) is 11.9. The molecule has 0 spiro atoms. The second-order valence-electron chi connectivity index (χ2n) is 6.06. The number of amides is 2. The normalized spacial score (nSPS) is 11.8. The van der Waals surface area contributed by atoms with Gasteiger partial charge in [-0.15, -0.1) is 0 Å². The summed E-state index contributed by atoms with van der Waals surface area (Å²) < 4.78 is 5.68. The van der Waals surface area contributed by atoms with Crippen molar-refractivity contribution >= 4 is 23.4 Å². The summed E-state index contributed by atoms with van der Waals surface area (Å²) in [5.41, 5.74) is 12.0. The number of primary amides is 1. The molecule has 0 fully saturated rings. The number of benzene rings is 1. The highest BCUT2D eigenvalue weighted by Gasteiger charge is 2.08. The third-order valence-electron chi connectivity index (χ3n) is 3.87. The molecule has 0 saturated carbocycles. The van der Waals surface area contributed by atoms with E-state index in [-0.39, 0.29) is 24.3 Å². The maximum atomic E-state index is 11.2. The molecule has 1 aromatic carbocycles. The highest BCUT2D eigenvalue weighted by atomic mass is 35.5. The van der Waals surface area contributed by atoms with E-state index in [9.17, 15) is 9.59 Å². The maximum Gasteiger partial charge on any atom is 0.219 e. The molecule has 6 nitrogen and oxygen atoms in total. The highest BCUT2D eigenvalue weighted by molar-refractivity contribution is 6.31. The predicted octanol–water partition coefficient (Wildman–Crippen LogP) is 2.16. The second-order valence-corrected chi connectivity index (χ2v) is 6.47. The highest BCUT2D eigenvalue weighted by Crippen LogP contribution is 2.24. The van der Waals surface area contributed by atoms with Crippen molar-refractivity contribution < 1.29 is 14.3 Å². The molecule has 1 rings (SSSR count). The van der Waals surface area contributed by atoms with Crippen LogP contribution in [0.1, 0.15) is 44.1 Å². The van der Waals surface area contributed by atoms with E-state index in [1.165, 1.54) is 0 Å². The van der Waals surface area contributed by atoms with Gasteiger partial charge in [0, 0.05) is 31.0 Å². The van der Waals surface area contributed by atoms with E-state index in [1.54, 1.807) is 13.1 Å². The van der Waals surface area contributed by atoms with Gasteiger partial charge in [0.15, 0.2) is 0 Å². The first-order valence-electron chi connectivity index (χ1n) is 8.58. The monoisotopic (exact) mass is 369 g/mol. The quantitative estimate of drug-likeness (QED) is 0.490. The lowest BCUT2D eigenvalue weighted by molar-refractivity contribution is -0.120. The van der Waals surface area contributed by atoms with Gasteiger partial charge < -0.3 is 21.5 Å². The number of nitrogens with two attached hydrogens (primary N) is 2. The summed E-state index contributed by atoms with van der Waals surface area (Å²) in [7, 11) is 1.65. The second kappa shape index (κ2) is 11.7. The van der Waals surface area contributed by atoms with Crippen LogP contribution >= 0.6 is 11.6 Å². The van der Waals surface area contributed by atoms with Crippen molar-refractivity contribution in [3.63, 3.8) is 0 Å². The van der Waals surface area contributed by atoms with Crippen molar-refractivity contribution in [3.8, 4) is 5.75 Å². The van der Waals surface area contributed by atoms with Gasteiger partial charge in [-0.05, 0) is 49.4 Å². The van der Waals surface area contributed by atoms with Crippen molar-refractivity contribution in [2.75, 3.05) is 13.7 Å². The fourth-order valence-electron chi connectivity index (χ4n) is 2.35. The minimum Gasteiger partial charge on any atom is -0.492 e. The van der Waals surface area contributed by atoms with Crippen LogP contribution in [-0.2, 0) is 16.0 Å². The fourth-order valence-corrected chi connectivity index (χ4v) is 2.56. The van der Waals surface area contributed by atoms with Gasteiger partial charge in [-0.2, -0.15) is 0 Å². The number of halogens is 1. The van der Waals surface area contributed by atoms with Gasteiger partial charge in [-0.1, -0.05) is 18.0 Å². The minimum absolute atomic E-state index is 0.0705. The SMILES string of the molecule is CNC(=O)CCCCCc1cc(OC[C@@H](N)CCC(N)=O)ccc1Cl. The predicted molar refractivity (Wildman–Crippen MR) is 99.6 cm³/mol. The Bertz CT molecular complexity index is 566. The number of hydrogen-bond donors (Lipinski definition) is 3. The van der Waals surface area contributed by atoms with Crippen LogP contribution in [0.5, 0.6) is 5.75 Å². The number of hydrogen-bond acceptors (Lipinski definition) is 4. The fraction of sp³-hybridized carbons (Fsp3) is 0.556. The Hall–Kier alpha value is -1.79. The molecule has 1 aromatic rings. The molecule has 0 heterocycles. The molecule has 0 aliphatic rings. The lowest BCUT2D eigenvalue weighted by atomic mass is 10.1. The van der Waals surface area contributed by atoms with Gasteiger partial charge in [-0.3, -0.25) is 9.59 Å². The minimum atomic E-state index is -0.361. The van der Waals surface area contributed by atoms with Crippen LogP contribution in [0.4, 0.5) is 0 Å². The van der Waals surface area contributed by atoms with Crippen molar-refractivity contribution in [3.05, 3.63) is 28.8 Å². The number of carbonyl (C=O) groups excluding carboxylic acids is 2. The van der Waals surface area contributed by atoms with Gasteiger partial charge >= 0.3 is 0 Å². The molecule has 0 aliphatic heterocycles. The maximum absolute atomic E-state index is 11.2. The Morgan fingerprint density at radius 1 is 1.24 bits per heavy atom. The first kappa shape index (κ1) is 21.3. The molecule has 0 aliphatic carbocycles. The number of rotatable bonds is 12. The zero-order valence-electron chi connectivity index (χ0n) is 14.7. The van der Waals surface area contributed by atoms with E-state index in [0.29, 0.717) is 30.2 Å². The molecule has 0 saturated heterocycles. The summed E-state index contributed by atoms with van der Waals surface area (Å²) in [5, 5.41) is 3.32. The van der Waals surface area contributed by atoms with Crippen LogP contribution < -0.4 is 21.5 Å². The Morgan fingerprint density at radius 3 is 2.68 bits per heavy atom. The molecule has 1 atom stereocenters. The average Bonchev–Trinajstić information content (AvgIpc) is 2.59. The Balaban J connectivity index is 2.39. The summed E-state index contributed by atoms with van der Waals surface area (Å²) in [6.45, 7) is 0.320. The van der Waals surface area contributed by atoms with Crippen molar-refractivity contribution in [2.24, 2.45) is 11.5 Å². The largest absolute Gasteiger partial charge is 0.492 e. The number of carbonyl (C=O) groups is 2. The molecule has 25 heavy (non-hydrogen) atoms. The third kappa shape index (κ3) is 9.31. The lowest BCUT2D eigenvalue weighted by Crippen LogP contribution is -2.29. The van der Waals surface area contributed by atoms with Crippen LogP contribution in [0.25, 0.3) is 0 Å². The standard InChI is InChI=1S/C18H28ClN3O3/c1-22-18(24)6-4-2-3-5-13-11-15(8-9-16(13)19)25-12-14(20)7-10-17(21)23/h8-9,11,14H,2-7,10,12,20H2,1H3,(H2,21,23)(H,22,24)/t14-/m0/s1. The zero-order chi connectivity index (χ0) is 18.7. The molecule has 0 aromatic heterocycles. The molecule has 0 bridgehead atoms. The third-order valence-corrected chi connectivity index (χ3v) is 4.24. The van der Waals surface area contributed by atoms with Crippen molar-refractivity contribution in [1.82, 2.24) is 5.32 Å². The Labute approximate surface area is 154 Å². The van der Waals surface area contributed by atoms with Gasteiger partial charge in [0.05, 0.1) is 0 Å². The Kier molecular flexibility index (Phi) is 9.96. The van der Waals surface area contributed by atoms with E-state index in [1.807, 2.05) is 12.1 Å². The number of nitrogens with one attached hydrogen (secondary N) is 1. The van der Waals surface area contributed by atoms with Crippen LogP contribution in [0.3, 0.4) is 0 Å². The van der Waals surface area contributed by atoms with E-state index >= 15 is 0 Å². The van der Waals surface area contributed by atoms with Crippen LogP contribution in [0.2, 0.25) is 5.02 Å². The number of aryl methyl sites for hydroxylation is 1. The molecule has 0 unspecified atom stereocenters. The van der Waals surface area contributed by atoms with Crippen LogP contribution in [-0.4, -0.2) is 31.5 Å². The Morgan fingerprint density at radius 2 is 2.00 bits per heavy atom. The summed E-state index contributed by atoms with van der Waals surface area (Å²) in [6.07, 6.45) is 4.93. The van der Waals surface area contributed by atoms with Crippen molar-refractivity contribution in [1.29, 1.82) is 0 Å². The van der Waals surface area contributed by atoms with Crippen LogP contribution in [0.15, 0.2) is 18.2 Å². The van der Waals surface area contributed by atoms with Gasteiger partial charge in [0.25, 0.3) is 0 Å². The van der Waals surface area contributed by atoms with Gasteiger partial charge in [-0.25, -0.2) is 0 Å². The first-order valence-corrected chi connectivity index (χ1v) is 8.96. The lowest BCUT2D eigenvalue weighted by Gasteiger charge is -2.14. The smallest absolute Gasteiger partial charge is 0.219 e. The summed E-state index contributed by atoms with van der Waals surface area (Å²) in [6, 6.07) is 5.29. The van der Waals surface area contributed by atoms with E-state index < -0.39 is 0 Å². The van der Waals surface area contributed by atoms with Crippen molar-refractivity contribution in [2.45, 2.75) is 51.0 Å². The molecule has 2 amide bonds. The molecule has 5 N–H and O–H groups in total. The van der Waals surface area contributed by atoms with Gasteiger partial charge in [0.2, 0.25) is 11.8 Å². The molecule has 140 valence electrons. The topological polar surface area (TPSA) is 107 Å². The average molecular weight is 370 g/mol. The molecule has 7 heteroatoms. The molecular weight excluding hydrogens is 342 g/mol. The van der Waals surface area contributed by atoms with E-state index in [2.05, 4.69) is 5.32 Å². The number of unbranched alkanes of at least 4 members (excludes halogenated alkanes) is 2. The molecule has 0 radical (unpaired) electrons. The summed E-state index contributed by atoms with van der Waals surface area (Å²) in [4.78, 5) is 21.9. The van der Waals surface area contributed by atoms with Crippen LogP contribution in [0, 0.1) is 0 Å². The van der Waals surface area contributed by atoms with E-state index in [0.717, 1.165) is 31.2 Å². The molecular formula is C18H28ClN3O3. The summed E-state index contributed by atoms with van der Waals surface area (Å²) in [5.74, 6) is 0.418. The zero-order valence-corrected chi connectivity index (χ0v) is 15.5.